The van der Waals surface area contributed by atoms with Gasteiger partial charge in [-0.3, -0.25) is 4.79 Å². The van der Waals surface area contributed by atoms with Crippen molar-refractivity contribution >= 4 is 17.5 Å². The molecule has 1 aliphatic carbocycles. The fraction of sp³-hybridized carbons (Fsp3) is 0.312. The van der Waals surface area contributed by atoms with Gasteiger partial charge in [-0.25, -0.2) is 9.97 Å². The largest absolute Gasteiger partial charge is 0.351 e. The third-order valence-electron chi connectivity index (χ3n) is 3.61. The highest BCUT2D eigenvalue weighted by Crippen LogP contribution is 2.20. The lowest BCUT2D eigenvalue weighted by Crippen LogP contribution is -2.19. The van der Waals surface area contributed by atoms with E-state index in [9.17, 15) is 4.79 Å². The Morgan fingerprint density at radius 1 is 1.10 bits per heavy atom. The summed E-state index contributed by atoms with van der Waals surface area (Å²) in [4.78, 5) is 20.7. The van der Waals surface area contributed by atoms with Gasteiger partial charge in [0.15, 0.2) is 0 Å². The minimum Gasteiger partial charge on any atom is -0.351 e. The summed E-state index contributed by atoms with van der Waals surface area (Å²) in [7, 11) is 0. The van der Waals surface area contributed by atoms with Crippen LogP contribution in [0.3, 0.4) is 0 Å². The van der Waals surface area contributed by atoms with Crippen LogP contribution < -0.4 is 10.6 Å². The summed E-state index contributed by atoms with van der Waals surface area (Å²) in [6.07, 6.45) is 6.38. The molecule has 2 aromatic rings. The van der Waals surface area contributed by atoms with Gasteiger partial charge in [-0.1, -0.05) is 31.0 Å². The molecule has 108 valence electrons. The molecule has 1 heterocycles. The molecule has 1 saturated carbocycles. The van der Waals surface area contributed by atoms with Crippen molar-refractivity contribution in [3.63, 3.8) is 0 Å². The zero-order valence-electron chi connectivity index (χ0n) is 11.7. The maximum Gasteiger partial charge on any atom is 0.274 e. The van der Waals surface area contributed by atoms with Crippen molar-refractivity contribution in [2.24, 2.45) is 0 Å². The third kappa shape index (κ3) is 3.56. The minimum absolute atomic E-state index is 0.224. The zero-order chi connectivity index (χ0) is 14.5. The number of rotatable bonds is 4. The van der Waals surface area contributed by atoms with Gasteiger partial charge >= 0.3 is 0 Å². The number of carbonyl (C=O) groups excluding carboxylic acids is 1. The highest BCUT2D eigenvalue weighted by atomic mass is 16.1. The number of carbonyl (C=O) groups is 1. The third-order valence-corrected chi connectivity index (χ3v) is 3.61. The van der Waals surface area contributed by atoms with E-state index < -0.39 is 0 Å². The molecule has 1 aliphatic rings. The molecule has 0 spiro atoms. The summed E-state index contributed by atoms with van der Waals surface area (Å²) in [5, 5.41) is 6.12. The first-order chi connectivity index (χ1) is 10.3. The molecule has 0 unspecified atom stereocenters. The number of hydrogen-bond donors (Lipinski definition) is 2. The molecule has 21 heavy (non-hydrogen) atoms. The van der Waals surface area contributed by atoms with E-state index in [4.69, 9.17) is 0 Å². The van der Waals surface area contributed by atoms with Crippen LogP contribution in [0.5, 0.6) is 0 Å². The number of benzene rings is 1. The van der Waals surface area contributed by atoms with Gasteiger partial charge in [-0.05, 0) is 31.0 Å². The highest BCUT2D eigenvalue weighted by molar-refractivity contribution is 6.02. The number of aromatic nitrogens is 2. The molecular weight excluding hydrogens is 264 g/mol. The molecule has 3 rings (SSSR count). The molecular formula is C16H18N4O. The van der Waals surface area contributed by atoms with Crippen molar-refractivity contribution in [1.29, 1.82) is 0 Å². The van der Waals surface area contributed by atoms with Gasteiger partial charge in [-0.2, -0.15) is 0 Å². The van der Waals surface area contributed by atoms with E-state index in [0.29, 0.717) is 17.7 Å². The van der Waals surface area contributed by atoms with Crippen LogP contribution in [0.15, 0.2) is 42.6 Å². The lowest BCUT2D eigenvalue weighted by atomic mass is 10.2. The summed E-state index contributed by atoms with van der Waals surface area (Å²) in [5.41, 5.74) is 1.13. The highest BCUT2D eigenvalue weighted by Gasteiger charge is 2.16. The maximum absolute atomic E-state index is 12.2. The number of amides is 1. The van der Waals surface area contributed by atoms with E-state index in [-0.39, 0.29) is 5.91 Å². The first-order valence-electron chi connectivity index (χ1n) is 7.27. The van der Waals surface area contributed by atoms with Crippen molar-refractivity contribution in [3.05, 3.63) is 48.3 Å². The predicted octanol–water partition coefficient (Wildman–Crippen LogP) is 3.08. The minimum atomic E-state index is -0.224. The van der Waals surface area contributed by atoms with E-state index in [2.05, 4.69) is 20.6 Å². The number of nitrogens with zero attached hydrogens (tertiary/aromatic N) is 2. The van der Waals surface area contributed by atoms with Gasteiger partial charge in [-0.15, -0.1) is 0 Å². The van der Waals surface area contributed by atoms with Crippen LogP contribution in [0.25, 0.3) is 0 Å². The Balaban J connectivity index is 1.68. The number of nitrogens with one attached hydrogen (secondary N) is 2. The van der Waals surface area contributed by atoms with Crippen LogP contribution in [0.1, 0.15) is 36.2 Å². The van der Waals surface area contributed by atoms with E-state index in [1.54, 1.807) is 12.3 Å². The smallest absolute Gasteiger partial charge is 0.274 e. The molecule has 5 nitrogen and oxygen atoms in total. The van der Waals surface area contributed by atoms with Gasteiger partial charge in [0.2, 0.25) is 5.95 Å². The van der Waals surface area contributed by atoms with Gasteiger partial charge in [0.25, 0.3) is 5.91 Å². The Labute approximate surface area is 123 Å². The lowest BCUT2D eigenvalue weighted by Gasteiger charge is -2.12. The summed E-state index contributed by atoms with van der Waals surface area (Å²) < 4.78 is 0. The molecule has 5 heteroatoms. The van der Waals surface area contributed by atoms with Crippen molar-refractivity contribution in [1.82, 2.24) is 9.97 Å². The van der Waals surface area contributed by atoms with Crippen LogP contribution in [0.2, 0.25) is 0 Å². The van der Waals surface area contributed by atoms with Gasteiger partial charge in [0.05, 0.1) is 0 Å². The first kappa shape index (κ1) is 13.5. The van der Waals surface area contributed by atoms with Crippen LogP contribution >= 0.6 is 0 Å². The van der Waals surface area contributed by atoms with Crippen molar-refractivity contribution in [2.75, 3.05) is 10.6 Å². The molecule has 0 radical (unpaired) electrons. The molecule has 1 aromatic carbocycles. The second-order valence-corrected chi connectivity index (χ2v) is 5.21. The summed E-state index contributed by atoms with van der Waals surface area (Å²) in [6, 6.07) is 11.4. The van der Waals surface area contributed by atoms with Gasteiger partial charge < -0.3 is 10.6 Å². The van der Waals surface area contributed by atoms with Crippen molar-refractivity contribution in [3.8, 4) is 0 Å². The Morgan fingerprint density at radius 3 is 2.62 bits per heavy atom. The molecule has 1 fully saturated rings. The summed E-state index contributed by atoms with van der Waals surface area (Å²) >= 11 is 0. The van der Waals surface area contributed by atoms with E-state index >= 15 is 0 Å². The Hall–Kier alpha value is -2.43. The maximum atomic E-state index is 12.2. The normalized spacial score (nSPS) is 14.9. The van der Waals surface area contributed by atoms with Crippen LogP contribution in [-0.2, 0) is 0 Å². The molecule has 0 bridgehead atoms. The number of anilines is 2. The van der Waals surface area contributed by atoms with E-state index in [1.165, 1.54) is 12.8 Å². The van der Waals surface area contributed by atoms with Gasteiger partial charge in [0, 0.05) is 17.9 Å². The number of hydrogen-bond acceptors (Lipinski definition) is 4. The Kier molecular flexibility index (Phi) is 4.09. The van der Waals surface area contributed by atoms with Gasteiger partial charge in [0.1, 0.15) is 5.69 Å². The first-order valence-corrected chi connectivity index (χ1v) is 7.27. The summed E-state index contributed by atoms with van der Waals surface area (Å²) in [5.74, 6) is 0.306. The molecule has 0 aliphatic heterocycles. The molecule has 2 N–H and O–H groups in total. The molecule has 1 aromatic heterocycles. The van der Waals surface area contributed by atoms with E-state index in [1.807, 2.05) is 30.3 Å². The van der Waals surface area contributed by atoms with Crippen molar-refractivity contribution in [2.45, 2.75) is 31.7 Å². The topological polar surface area (TPSA) is 66.9 Å². The fourth-order valence-electron chi connectivity index (χ4n) is 2.52. The summed E-state index contributed by atoms with van der Waals surface area (Å²) in [6.45, 7) is 0. The SMILES string of the molecule is O=C(Nc1ccccc1)c1ccnc(NC2CCCC2)n1. The molecule has 0 saturated heterocycles. The Bertz CT molecular complexity index is 609. The predicted molar refractivity (Wildman–Crippen MR) is 82.3 cm³/mol. The van der Waals surface area contributed by atoms with Crippen LogP contribution in [-0.4, -0.2) is 21.9 Å². The lowest BCUT2D eigenvalue weighted by molar-refractivity contribution is 0.102. The Morgan fingerprint density at radius 2 is 1.86 bits per heavy atom. The fourth-order valence-corrected chi connectivity index (χ4v) is 2.52. The van der Waals surface area contributed by atoms with Crippen molar-refractivity contribution < 1.29 is 4.79 Å². The quantitative estimate of drug-likeness (QED) is 0.904. The second-order valence-electron chi connectivity index (χ2n) is 5.21. The standard InChI is InChI=1S/C16H18N4O/c21-15(18-12-6-2-1-3-7-12)14-10-11-17-16(20-14)19-13-8-4-5-9-13/h1-3,6-7,10-11,13H,4-5,8-9H2,(H,18,21)(H,17,19,20). The van der Waals surface area contributed by atoms with Crippen LogP contribution in [0, 0.1) is 0 Å². The van der Waals surface area contributed by atoms with Crippen LogP contribution in [0.4, 0.5) is 11.6 Å². The number of para-hydroxylation sites is 1. The molecule has 0 atom stereocenters. The second kappa shape index (κ2) is 6.35. The monoisotopic (exact) mass is 282 g/mol. The average molecular weight is 282 g/mol. The average Bonchev–Trinajstić information content (AvgIpc) is 3.01. The molecule has 1 amide bonds. The van der Waals surface area contributed by atoms with E-state index in [0.717, 1.165) is 18.5 Å². The zero-order valence-corrected chi connectivity index (χ0v) is 11.7.